The van der Waals surface area contributed by atoms with Crippen molar-refractivity contribution in [2.45, 2.75) is 33.2 Å². The zero-order chi connectivity index (χ0) is 20.3. The molecule has 2 aromatic rings. The van der Waals surface area contributed by atoms with Gasteiger partial charge in [0.25, 0.3) is 11.2 Å². The van der Waals surface area contributed by atoms with E-state index in [1.807, 2.05) is 6.92 Å². The molecule has 10 heteroatoms. The summed E-state index contributed by atoms with van der Waals surface area (Å²) in [5, 5.41) is 38.5. The highest BCUT2D eigenvalue weighted by Crippen LogP contribution is 2.37. The van der Waals surface area contributed by atoms with Crippen LogP contribution in [0, 0.1) is 23.6 Å². The summed E-state index contributed by atoms with van der Waals surface area (Å²) in [5.74, 6) is -0.799. The van der Waals surface area contributed by atoms with Gasteiger partial charge >= 0.3 is 0 Å². The number of phenols is 1. The van der Waals surface area contributed by atoms with E-state index >= 15 is 0 Å². The van der Waals surface area contributed by atoms with Gasteiger partial charge in [0.15, 0.2) is 5.88 Å². The highest BCUT2D eigenvalue weighted by Gasteiger charge is 2.22. The summed E-state index contributed by atoms with van der Waals surface area (Å²) >= 11 is 0. The molecule has 0 saturated carbocycles. The Kier molecular flexibility index (Phi) is 5.55. The van der Waals surface area contributed by atoms with Gasteiger partial charge < -0.3 is 10.2 Å². The molecule has 2 rings (SSSR count). The first-order valence-corrected chi connectivity index (χ1v) is 7.97. The summed E-state index contributed by atoms with van der Waals surface area (Å²) in [7, 11) is 0. The van der Waals surface area contributed by atoms with Gasteiger partial charge in [-0.25, -0.2) is 4.85 Å². The van der Waals surface area contributed by atoms with Crippen molar-refractivity contribution in [3.05, 3.63) is 55.6 Å². The number of azo groups is 1. The number of non-ortho nitro benzene ring substituents is 1. The smallest absolute Gasteiger partial charge is 0.279 e. The monoisotopic (exact) mass is 371 g/mol. The Labute approximate surface area is 154 Å². The first-order chi connectivity index (χ1) is 12.7. The fraction of sp³-hybridized carbons (Fsp3) is 0.294. The lowest BCUT2D eigenvalue weighted by atomic mass is 10.1. The Bertz CT molecular complexity index is 1040. The molecule has 0 radical (unpaired) electrons. The van der Waals surface area contributed by atoms with Crippen LogP contribution in [-0.4, -0.2) is 19.7 Å². The minimum atomic E-state index is -0.656. The Hall–Kier alpha value is -3.74. The number of aromatic hydroxyl groups is 2. The van der Waals surface area contributed by atoms with Gasteiger partial charge in [-0.05, 0) is 31.9 Å². The maximum absolute atomic E-state index is 12.7. The molecule has 1 aromatic carbocycles. The van der Waals surface area contributed by atoms with Gasteiger partial charge in [-0.3, -0.25) is 19.5 Å². The normalized spacial score (nSPS) is 12.1. The lowest BCUT2D eigenvalue weighted by Crippen LogP contribution is -2.23. The van der Waals surface area contributed by atoms with Crippen LogP contribution in [0.5, 0.6) is 11.6 Å². The third-order valence-corrected chi connectivity index (χ3v) is 4.14. The lowest BCUT2D eigenvalue weighted by molar-refractivity contribution is -0.384. The van der Waals surface area contributed by atoms with Crippen LogP contribution in [0.3, 0.4) is 0 Å². The highest BCUT2D eigenvalue weighted by molar-refractivity contribution is 5.68. The number of phenolic OH excluding ortho intramolecular Hbond substituents is 1. The third kappa shape index (κ3) is 3.62. The van der Waals surface area contributed by atoms with Crippen LogP contribution in [0.15, 0.2) is 33.2 Å². The number of nitro groups is 1. The molecule has 140 valence electrons. The fourth-order valence-electron chi connectivity index (χ4n) is 2.42. The predicted molar refractivity (Wildman–Crippen MR) is 97.3 cm³/mol. The van der Waals surface area contributed by atoms with Gasteiger partial charge in [0.05, 0.1) is 11.5 Å². The zero-order valence-electron chi connectivity index (χ0n) is 14.9. The molecule has 0 fully saturated rings. The number of hydrogen-bond donors (Lipinski definition) is 2. The first kappa shape index (κ1) is 19.6. The van der Waals surface area contributed by atoms with Crippen LogP contribution >= 0.6 is 0 Å². The number of pyridine rings is 1. The second-order valence-corrected chi connectivity index (χ2v) is 5.82. The first-order valence-electron chi connectivity index (χ1n) is 7.97. The molecule has 1 heterocycles. The summed E-state index contributed by atoms with van der Waals surface area (Å²) in [6.45, 7) is 12.2. The number of nitrogens with zero attached hydrogens (tertiary/aromatic N) is 5. The Morgan fingerprint density at radius 2 is 2.04 bits per heavy atom. The van der Waals surface area contributed by atoms with E-state index in [0.29, 0.717) is 6.42 Å². The van der Waals surface area contributed by atoms with Gasteiger partial charge in [0, 0.05) is 18.2 Å². The molecular weight excluding hydrogens is 354 g/mol. The van der Waals surface area contributed by atoms with Crippen molar-refractivity contribution in [3.8, 4) is 11.6 Å². The van der Waals surface area contributed by atoms with Crippen LogP contribution in [0.4, 0.5) is 22.7 Å². The van der Waals surface area contributed by atoms with Crippen molar-refractivity contribution in [3.63, 3.8) is 0 Å². The van der Waals surface area contributed by atoms with Crippen molar-refractivity contribution >= 4 is 22.7 Å². The van der Waals surface area contributed by atoms with E-state index in [1.165, 1.54) is 6.92 Å². The molecule has 0 spiro atoms. The molecule has 10 nitrogen and oxygen atoms in total. The fourth-order valence-corrected chi connectivity index (χ4v) is 2.42. The van der Waals surface area contributed by atoms with E-state index in [2.05, 4.69) is 15.1 Å². The summed E-state index contributed by atoms with van der Waals surface area (Å²) in [4.78, 5) is 26.2. The molecule has 27 heavy (non-hydrogen) atoms. The van der Waals surface area contributed by atoms with E-state index in [9.17, 15) is 25.1 Å². The Morgan fingerprint density at radius 3 is 2.59 bits per heavy atom. The lowest BCUT2D eigenvalue weighted by Gasteiger charge is -2.18. The second kappa shape index (κ2) is 7.65. The summed E-state index contributed by atoms with van der Waals surface area (Å²) in [6.07, 6.45) is 0.524. The molecule has 0 aliphatic rings. The molecular formula is C17H17N5O5. The maximum atomic E-state index is 12.7. The number of hydrogen-bond acceptors (Lipinski definition) is 7. The highest BCUT2D eigenvalue weighted by atomic mass is 16.6. The summed E-state index contributed by atoms with van der Waals surface area (Å²) in [6, 6.07) is 2.82. The van der Waals surface area contributed by atoms with Crippen molar-refractivity contribution < 1.29 is 15.1 Å². The van der Waals surface area contributed by atoms with Gasteiger partial charge in [-0.1, -0.05) is 6.92 Å². The number of nitro benzene ring substituents is 1. The standard InChI is InChI=1S/C17H17N5O5/c1-5-9(2)21-16(24)14(18-4)10(3)15(17(21)25)20-19-12-8-11(22(26)27)6-7-13(12)23/h6-9,23-24H,5H2,1-3H3. The van der Waals surface area contributed by atoms with E-state index in [4.69, 9.17) is 6.57 Å². The Morgan fingerprint density at radius 1 is 1.37 bits per heavy atom. The Balaban J connectivity index is 2.68. The largest absolute Gasteiger partial charge is 0.506 e. The van der Waals surface area contributed by atoms with E-state index in [0.717, 1.165) is 22.8 Å². The third-order valence-electron chi connectivity index (χ3n) is 4.14. The molecule has 1 unspecified atom stereocenters. The predicted octanol–water partition coefficient (Wildman–Crippen LogP) is 4.41. The quantitative estimate of drug-likeness (QED) is 0.347. The van der Waals surface area contributed by atoms with E-state index in [1.54, 1.807) is 6.92 Å². The zero-order valence-corrected chi connectivity index (χ0v) is 14.9. The maximum Gasteiger partial charge on any atom is 0.279 e. The van der Waals surface area contributed by atoms with Crippen LogP contribution < -0.4 is 5.56 Å². The topological polar surface area (TPSA) is 135 Å². The molecule has 0 saturated heterocycles. The molecule has 1 aromatic heterocycles. The van der Waals surface area contributed by atoms with Crippen molar-refractivity contribution in [2.75, 3.05) is 0 Å². The molecule has 0 aliphatic carbocycles. The molecule has 0 bridgehead atoms. The van der Waals surface area contributed by atoms with Gasteiger partial charge in [0.1, 0.15) is 17.1 Å². The average Bonchev–Trinajstić information content (AvgIpc) is 2.62. The van der Waals surface area contributed by atoms with Gasteiger partial charge in [-0.2, -0.15) is 0 Å². The average molecular weight is 371 g/mol. The van der Waals surface area contributed by atoms with Crippen LogP contribution in [0.2, 0.25) is 0 Å². The number of rotatable bonds is 5. The van der Waals surface area contributed by atoms with Crippen molar-refractivity contribution in [1.29, 1.82) is 0 Å². The molecule has 0 aliphatic heterocycles. The van der Waals surface area contributed by atoms with E-state index in [-0.39, 0.29) is 34.1 Å². The second-order valence-electron chi connectivity index (χ2n) is 5.82. The minimum absolute atomic E-state index is 0.126. The van der Waals surface area contributed by atoms with Gasteiger partial charge in [-0.15, -0.1) is 10.2 Å². The van der Waals surface area contributed by atoms with Crippen molar-refractivity contribution in [2.24, 2.45) is 10.2 Å². The van der Waals surface area contributed by atoms with Gasteiger partial charge in [0.2, 0.25) is 5.69 Å². The van der Waals surface area contributed by atoms with Crippen molar-refractivity contribution in [1.82, 2.24) is 4.57 Å². The summed E-state index contributed by atoms with van der Waals surface area (Å²) in [5.41, 5.74) is -1.35. The minimum Gasteiger partial charge on any atom is -0.506 e. The van der Waals surface area contributed by atoms with Crippen LogP contribution in [0.25, 0.3) is 4.85 Å². The van der Waals surface area contributed by atoms with Crippen LogP contribution in [-0.2, 0) is 0 Å². The molecule has 0 amide bonds. The molecule has 2 N–H and O–H groups in total. The SMILES string of the molecule is [C-]#[N+]c1c(C)c(N=Nc2cc([N+](=O)[O-])ccc2O)c(=O)n(C(C)CC)c1O. The number of aromatic nitrogens is 1. The van der Waals surface area contributed by atoms with Crippen LogP contribution in [0.1, 0.15) is 31.9 Å². The summed E-state index contributed by atoms with van der Waals surface area (Å²) < 4.78 is 1.06. The number of benzene rings is 1. The van der Waals surface area contributed by atoms with E-state index < -0.39 is 22.4 Å². The molecule has 1 atom stereocenters.